The normalized spacial score (nSPS) is 17.4. The van der Waals surface area contributed by atoms with Gasteiger partial charge in [-0.2, -0.15) is 0 Å². The molecule has 1 heterocycles. The number of rotatable bonds is 4. The van der Waals surface area contributed by atoms with Crippen LogP contribution in [-0.4, -0.2) is 41.2 Å². The predicted molar refractivity (Wildman–Crippen MR) is 78.2 cm³/mol. The molecule has 2 rings (SSSR count). The van der Waals surface area contributed by atoms with Crippen LogP contribution in [0, 0.1) is 0 Å². The number of anilines is 1. The molecule has 0 unspecified atom stereocenters. The topological polar surface area (TPSA) is 75.8 Å². The van der Waals surface area contributed by atoms with Crippen molar-refractivity contribution in [3.8, 4) is 5.75 Å². The minimum atomic E-state index is -0.978. The number of carbonyl (C=O) groups is 1. The predicted octanol–water partition coefficient (Wildman–Crippen LogP) is 2.22. The van der Waals surface area contributed by atoms with Gasteiger partial charge < -0.3 is 20.5 Å². The van der Waals surface area contributed by atoms with Gasteiger partial charge in [-0.1, -0.05) is 0 Å². The number of likely N-dealkylation sites (tertiary alicyclic amines) is 1. The van der Waals surface area contributed by atoms with E-state index in [0.29, 0.717) is 17.5 Å². The summed E-state index contributed by atoms with van der Waals surface area (Å²) in [5.41, 5.74) is 6.42. The van der Waals surface area contributed by atoms with Crippen LogP contribution in [0.15, 0.2) is 18.2 Å². The number of hydrogen-bond acceptors (Lipinski definition) is 4. The van der Waals surface area contributed by atoms with E-state index in [9.17, 15) is 4.79 Å². The molecular formula is C15H22N2O3. The van der Waals surface area contributed by atoms with Crippen LogP contribution in [0.5, 0.6) is 5.75 Å². The third-order valence-corrected chi connectivity index (χ3v) is 3.76. The highest BCUT2D eigenvalue weighted by Crippen LogP contribution is 2.26. The maximum absolute atomic E-state index is 10.9. The molecule has 5 nitrogen and oxygen atoms in total. The molecule has 1 saturated heterocycles. The number of carboxylic acid groups (broad SMARTS) is 1. The third kappa shape index (κ3) is 3.42. The first-order chi connectivity index (χ1) is 9.47. The lowest BCUT2D eigenvalue weighted by Crippen LogP contribution is -2.41. The van der Waals surface area contributed by atoms with Crippen molar-refractivity contribution in [2.24, 2.45) is 0 Å². The first kappa shape index (κ1) is 14.7. The third-order valence-electron chi connectivity index (χ3n) is 3.76. The molecule has 110 valence electrons. The molecule has 0 radical (unpaired) electrons. The Bertz CT molecular complexity index is 480. The molecule has 0 saturated carbocycles. The summed E-state index contributed by atoms with van der Waals surface area (Å²) < 4.78 is 5.90. The molecule has 3 N–H and O–H groups in total. The van der Waals surface area contributed by atoms with Crippen LogP contribution >= 0.6 is 0 Å². The molecule has 1 aromatic rings. The molecule has 0 bridgehead atoms. The fraction of sp³-hybridized carbons (Fsp3) is 0.533. The summed E-state index contributed by atoms with van der Waals surface area (Å²) in [6, 6.07) is 5.18. The Morgan fingerprint density at radius 3 is 2.55 bits per heavy atom. The van der Waals surface area contributed by atoms with E-state index in [1.54, 1.807) is 6.07 Å². The Balaban J connectivity index is 1.96. The largest absolute Gasteiger partial charge is 0.488 e. The van der Waals surface area contributed by atoms with E-state index < -0.39 is 5.97 Å². The number of nitrogens with zero attached hydrogens (tertiary/aromatic N) is 1. The maximum atomic E-state index is 10.9. The minimum absolute atomic E-state index is 0.156. The van der Waals surface area contributed by atoms with Gasteiger partial charge in [-0.3, -0.25) is 0 Å². The van der Waals surface area contributed by atoms with Crippen LogP contribution in [0.3, 0.4) is 0 Å². The number of ether oxygens (including phenoxy) is 1. The zero-order valence-corrected chi connectivity index (χ0v) is 12.0. The smallest absolute Gasteiger partial charge is 0.335 e. The number of piperidine rings is 1. The summed E-state index contributed by atoms with van der Waals surface area (Å²) in [5.74, 6) is -0.397. The minimum Gasteiger partial charge on any atom is -0.488 e. The van der Waals surface area contributed by atoms with Gasteiger partial charge in [-0.05, 0) is 44.9 Å². The SMILES string of the molecule is CC(C)N1CCC(Oc2ccc(C(=O)O)cc2N)CC1. The maximum Gasteiger partial charge on any atom is 0.335 e. The molecule has 0 aromatic heterocycles. The number of carboxylic acids is 1. The second-order valence-electron chi connectivity index (χ2n) is 5.50. The molecule has 1 aliphatic heterocycles. The molecule has 1 fully saturated rings. The molecule has 20 heavy (non-hydrogen) atoms. The molecule has 0 atom stereocenters. The van der Waals surface area contributed by atoms with Crippen molar-refractivity contribution >= 4 is 11.7 Å². The lowest BCUT2D eigenvalue weighted by Gasteiger charge is -2.34. The van der Waals surface area contributed by atoms with E-state index in [-0.39, 0.29) is 11.7 Å². The Kier molecular flexibility index (Phi) is 4.49. The monoisotopic (exact) mass is 278 g/mol. The molecule has 0 aliphatic carbocycles. The van der Waals surface area contributed by atoms with Crippen LogP contribution < -0.4 is 10.5 Å². The van der Waals surface area contributed by atoms with E-state index in [1.807, 2.05) is 0 Å². The lowest BCUT2D eigenvalue weighted by atomic mass is 10.1. The van der Waals surface area contributed by atoms with Crippen molar-refractivity contribution < 1.29 is 14.6 Å². The standard InChI is InChI=1S/C15H22N2O3/c1-10(2)17-7-5-12(6-8-17)20-14-4-3-11(15(18)19)9-13(14)16/h3-4,9-10,12H,5-8,16H2,1-2H3,(H,18,19). The summed E-state index contributed by atoms with van der Waals surface area (Å²) in [5, 5.41) is 8.90. The first-order valence-electron chi connectivity index (χ1n) is 7.01. The van der Waals surface area contributed by atoms with Gasteiger partial charge in [0.05, 0.1) is 11.3 Å². The van der Waals surface area contributed by atoms with Crippen molar-refractivity contribution in [2.75, 3.05) is 18.8 Å². The first-order valence-corrected chi connectivity index (χ1v) is 7.01. The lowest BCUT2D eigenvalue weighted by molar-refractivity contribution is 0.0696. The van der Waals surface area contributed by atoms with Gasteiger partial charge in [0.2, 0.25) is 0 Å². The molecule has 0 amide bonds. The number of nitrogens with two attached hydrogens (primary N) is 1. The summed E-state index contributed by atoms with van der Waals surface area (Å²) in [6.45, 7) is 6.44. The quantitative estimate of drug-likeness (QED) is 0.826. The van der Waals surface area contributed by atoms with Gasteiger partial charge in [-0.25, -0.2) is 4.79 Å². The number of nitrogen functional groups attached to an aromatic ring is 1. The Labute approximate surface area is 119 Å². The number of aromatic carboxylic acids is 1. The Morgan fingerprint density at radius 2 is 2.05 bits per heavy atom. The second kappa shape index (κ2) is 6.13. The van der Waals surface area contributed by atoms with Crippen molar-refractivity contribution in [2.45, 2.75) is 38.8 Å². The van der Waals surface area contributed by atoms with Crippen LogP contribution in [0.4, 0.5) is 5.69 Å². The zero-order chi connectivity index (χ0) is 14.7. The van der Waals surface area contributed by atoms with Crippen molar-refractivity contribution in [1.82, 2.24) is 4.90 Å². The summed E-state index contributed by atoms with van der Waals surface area (Å²) in [7, 11) is 0. The van der Waals surface area contributed by atoms with E-state index >= 15 is 0 Å². The number of benzene rings is 1. The van der Waals surface area contributed by atoms with Crippen molar-refractivity contribution in [1.29, 1.82) is 0 Å². The van der Waals surface area contributed by atoms with Crippen molar-refractivity contribution in [3.05, 3.63) is 23.8 Å². The van der Waals surface area contributed by atoms with E-state index in [1.165, 1.54) is 12.1 Å². The molecule has 1 aromatic carbocycles. The van der Waals surface area contributed by atoms with Gasteiger partial charge in [0.1, 0.15) is 11.9 Å². The number of hydrogen-bond donors (Lipinski definition) is 2. The average molecular weight is 278 g/mol. The zero-order valence-electron chi connectivity index (χ0n) is 12.0. The van der Waals surface area contributed by atoms with E-state index in [4.69, 9.17) is 15.6 Å². The molecule has 5 heteroatoms. The van der Waals surface area contributed by atoms with Crippen LogP contribution in [0.2, 0.25) is 0 Å². The molecule has 0 spiro atoms. The van der Waals surface area contributed by atoms with E-state index in [0.717, 1.165) is 25.9 Å². The van der Waals surface area contributed by atoms with Crippen LogP contribution in [0.1, 0.15) is 37.0 Å². The van der Waals surface area contributed by atoms with Gasteiger partial charge >= 0.3 is 5.97 Å². The second-order valence-corrected chi connectivity index (χ2v) is 5.50. The highest BCUT2D eigenvalue weighted by molar-refractivity contribution is 5.89. The van der Waals surface area contributed by atoms with Gasteiger partial charge in [0.25, 0.3) is 0 Å². The molecule has 1 aliphatic rings. The summed E-state index contributed by atoms with van der Waals surface area (Å²) >= 11 is 0. The van der Waals surface area contributed by atoms with Gasteiger partial charge in [0.15, 0.2) is 0 Å². The Hall–Kier alpha value is -1.75. The van der Waals surface area contributed by atoms with Gasteiger partial charge in [-0.15, -0.1) is 0 Å². The molecular weight excluding hydrogens is 256 g/mol. The highest BCUT2D eigenvalue weighted by atomic mass is 16.5. The van der Waals surface area contributed by atoms with E-state index in [2.05, 4.69) is 18.7 Å². The van der Waals surface area contributed by atoms with Crippen LogP contribution in [0.25, 0.3) is 0 Å². The Morgan fingerprint density at radius 1 is 1.40 bits per heavy atom. The average Bonchev–Trinajstić information content (AvgIpc) is 2.41. The summed E-state index contributed by atoms with van der Waals surface area (Å²) in [4.78, 5) is 13.3. The van der Waals surface area contributed by atoms with Gasteiger partial charge in [0, 0.05) is 19.1 Å². The highest BCUT2D eigenvalue weighted by Gasteiger charge is 2.22. The summed E-state index contributed by atoms with van der Waals surface area (Å²) in [6.07, 6.45) is 2.10. The fourth-order valence-electron chi connectivity index (χ4n) is 2.48. The van der Waals surface area contributed by atoms with Crippen LogP contribution in [-0.2, 0) is 0 Å². The van der Waals surface area contributed by atoms with Crippen molar-refractivity contribution in [3.63, 3.8) is 0 Å². The fourth-order valence-corrected chi connectivity index (χ4v) is 2.48.